The molecule has 0 bridgehead atoms. The second kappa shape index (κ2) is 5.52. The van der Waals surface area contributed by atoms with Crippen molar-refractivity contribution in [3.8, 4) is 6.07 Å². The first-order chi connectivity index (χ1) is 7.61. The van der Waals surface area contributed by atoms with E-state index in [4.69, 9.17) is 10.1 Å². The highest BCUT2D eigenvalue weighted by molar-refractivity contribution is 5.81. The lowest BCUT2D eigenvalue weighted by molar-refractivity contribution is -0.173. The number of hydroxylamine groups is 2. The molecule has 1 unspecified atom stereocenters. The number of hydrogen-bond donors (Lipinski definition) is 0. The Morgan fingerprint density at radius 3 is 2.94 bits per heavy atom. The molecule has 5 nitrogen and oxygen atoms in total. The van der Waals surface area contributed by atoms with Crippen LogP contribution in [0.5, 0.6) is 0 Å². The number of hydrogen-bond acceptors (Lipinski definition) is 4. The van der Waals surface area contributed by atoms with E-state index < -0.39 is 0 Å². The Kier molecular flexibility index (Phi) is 4.32. The topological polar surface area (TPSA) is 56.6 Å². The number of rotatable bonds is 3. The van der Waals surface area contributed by atoms with Gasteiger partial charge in [0.05, 0.1) is 13.2 Å². The van der Waals surface area contributed by atoms with Crippen LogP contribution in [0.4, 0.5) is 0 Å². The summed E-state index contributed by atoms with van der Waals surface area (Å²) in [5.41, 5.74) is 0.836. The maximum absolute atomic E-state index is 11.9. The molecule has 1 aliphatic heterocycles. The van der Waals surface area contributed by atoms with Crippen molar-refractivity contribution in [3.63, 3.8) is 0 Å². The Balaban J connectivity index is 2.77. The van der Waals surface area contributed by atoms with Gasteiger partial charge in [-0.2, -0.15) is 5.26 Å². The Hall–Kier alpha value is -1.54. The van der Waals surface area contributed by atoms with Gasteiger partial charge in [-0.3, -0.25) is 9.63 Å². The molecule has 1 atom stereocenters. The van der Waals surface area contributed by atoms with Crippen LogP contribution in [0.1, 0.15) is 19.8 Å². The van der Waals surface area contributed by atoms with Gasteiger partial charge in [0.2, 0.25) is 0 Å². The molecule has 0 aliphatic carbocycles. The first-order valence-corrected chi connectivity index (χ1v) is 5.26. The van der Waals surface area contributed by atoms with Crippen molar-refractivity contribution in [2.75, 3.05) is 20.7 Å². The summed E-state index contributed by atoms with van der Waals surface area (Å²) in [5, 5.41) is 9.84. The van der Waals surface area contributed by atoms with Crippen molar-refractivity contribution < 1.29 is 9.63 Å². The van der Waals surface area contributed by atoms with Crippen LogP contribution in [0.2, 0.25) is 0 Å². The zero-order chi connectivity index (χ0) is 12.1. The third kappa shape index (κ3) is 2.52. The molecule has 1 fully saturated rings. The average Bonchev–Trinajstić information content (AvgIpc) is 2.76. The van der Waals surface area contributed by atoms with Gasteiger partial charge in [-0.25, -0.2) is 5.06 Å². The third-order valence-corrected chi connectivity index (χ3v) is 2.85. The molecule has 0 radical (unpaired) electrons. The Labute approximate surface area is 95.8 Å². The number of nitriles is 1. The zero-order valence-electron chi connectivity index (χ0n) is 9.93. The number of nitrogens with zero attached hydrogens (tertiary/aromatic N) is 3. The summed E-state index contributed by atoms with van der Waals surface area (Å²) in [6, 6.07) is 1.79. The average molecular weight is 223 g/mol. The molecule has 0 spiro atoms. The number of likely N-dealkylation sites (tertiary alicyclic amines) is 1. The molecule has 16 heavy (non-hydrogen) atoms. The highest BCUT2D eigenvalue weighted by atomic mass is 16.7. The lowest BCUT2D eigenvalue weighted by atomic mass is 10.2. The lowest BCUT2D eigenvalue weighted by Gasteiger charge is -2.28. The molecule has 1 heterocycles. The molecule has 1 saturated heterocycles. The summed E-state index contributed by atoms with van der Waals surface area (Å²) in [7, 11) is 3.07. The molecule has 5 heteroatoms. The molecular formula is C11H17N3O2. The Morgan fingerprint density at radius 1 is 1.69 bits per heavy atom. The van der Waals surface area contributed by atoms with Crippen LogP contribution in [0.15, 0.2) is 11.8 Å². The summed E-state index contributed by atoms with van der Waals surface area (Å²) in [6.07, 6.45) is 3.24. The Morgan fingerprint density at radius 2 is 2.38 bits per heavy atom. The van der Waals surface area contributed by atoms with Crippen molar-refractivity contribution in [2.24, 2.45) is 0 Å². The first-order valence-electron chi connectivity index (χ1n) is 5.26. The number of carbonyl (C=O) groups is 1. The zero-order valence-corrected chi connectivity index (χ0v) is 9.93. The van der Waals surface area contributed by atoms with Gasteiger partial charge in [-0.15, -0.1) is 0 Å². The minimum Gasteiger partial charge on any atom is -0.362 e. The van der Waals surface area contributed by atoms with Gasteiger partial charge >= 0.3 is 0 Å². The minimum atomic E-state index is -0.199. The van der Waals surface area contributed by atoms with Gasteiger partial charge in [0.25, 0.3) is 5.91 Å². The lowest BCUT2D eigenvalue weighted by Crippen LogP contribution is -2.42. The van der Waals surface area contributed by atoms with E-state index in [2.05, 4.69) is 0 Å². The fourth-order valence-electron chi connectivity index (χ4n) is 1.92. The van der Waals surface area contributed by atoms with Crippen LogP contribution in [0.3, 0.4) is 0 Å². The van der Waals surface area contributed by atoms with Crippen LogP contribution in [-0.4, -0.2) is 42.6 Å². The minimum absolute atomic E-state index is 0.0642. The van der Waals surface area contributed by atoms with Gasteiger partial charge in [0.15, 0.2) is 0 Å². The maximum Gasteiger partial charge on any atom is 0.268 e. The SMILES string of the molecule is CON(C)C(=O)C1CCCN1/C(C)=C/C#N. The fourth-order valence-corrected chi connectivity index (χ4v) is 1.92. The van der Waals surface area contributed by atoms with Crippen LogP contribution in [-0.2, 0) is 9.63 Å². The molecular weight excluding hydrogens is 206 g/mol. The number of allylic oxidation sites excluding steroid dienone is 2. The van der Waals surface area contributed by atoms with Gasteiger partial charge in [0, 0.05) is 25.4 Å². The molecule has 0 aromatic heterocycles. The van der Waals surface area contributed by atoms with Crippen LogP contribution < -0.4 is 0 Å². The van der Waals surface area contributed by atoms with E-state index in [1.54, 1.807) is 7.05 Å². The van der Waals surface area contributed by atoms with Crippen molar-refractivity contribution >= 4 is 5.91 Å². The van der Waals surface area contributed by atoms with Crippen LogP contribution in [0.25, 0.3) is 0 Å². The largest absolute Gasteiger partial charge is 0.362 e. The monoisotopic (exact) mass is 223 g/mol. The molecule has 1 rings (SSSR count). The molecule has 0 aromatic rings. The van der Waals surface area contributed by atoms with Gasteiger partial charge < -0.3 is 4.90 Å². The third-order valence-electron chi connectivity index (χ3n) is 2.85. The molecule has 0 saturated carbocycles. The van der Waals surface area contributed by atoms with E-state index in [-0.39, 0.29) is 11.9 Å². The van der Waals surface area contributed by atoms with Crippen LogP contribution >= 0.6 is 0 Å². The second-order valence-electron chi connectivity index (χ2n) is 3.78. The van der Waals surface area contributed by atoms with Gasteiger partial charge in [-0.05, 0) is 19.8 Å². The predicted octanol–water partition coefficient (Wildman–Crippen LogP) is 0.898. The summed E-state index contributed by atoms with van der Waals surface area (Å²) >= 11 is 0. The first kappa shape index (κ1) is 12.5. The van der Waals surface area contributed by atoms with E-state index in [0.29, 0.717) is 0 Å². The van der Waals surface area contributed by atoms with E-state index in [9.17, 15) is 4.79 Å². The number of carbonyl (C=O) groups excluding carboxylic acids is 1. The molecule has 0 N–H and O–H groups in total. The summed E-state index contributed by atoms with van der Waals surface area (Å²) in [6.45, 7) is 2.67. The predicted molar refractivity (Wildman–Crippen MR) is 58.9 cm³/mol. The number of likely N-dealkylation sites (N-methyl/N-ethyl adjacent to an activating group) is 1. The molecule has 1 aliphatic rings. The van der Waals surface area contributed by atoms with E-state index in [1.165, 1.54) is 18.2 Å². The quantitative estimate of drug-likeness (QED) is 0.527. The highest BCUT2D eigenvalue weighted by Gasteiger charge is 2.32. The standard InChI is InChI=1S/C11H17N3O2/c1-9(6-7-12)14-8-4-5-10(14)11(15)13(2)16-3/h6,10H,4-5,8H2,1-3H3/b9-6+. The highest BCUT2D eigenvalue weighted by Crippen LogP contribution is 2.23. The summed E-state index contributed by atoms with van der Waals surface area (Å²) in [5.74, 6) is -0.0642. The van der Waals surface area contributed by atoms with Crippen LogP contribution in [0, 0.1) is 11.3 Å². The van der Waals surface area contributed by atoms with Gasteiger partial charge in [0.1, 0.15) is 6.04 Å². The summed E-state index contributed by atoms with van der Waals surface area (Å²) in [4.78, 5) is 18.8. The second-order valence-corrected chi connectivity index (χ2v) is 3.78. The normalized spacial score (nSPS) is 20.8. The molecule has 1 amide bonds. The van der Waals surface area contributed by atoms with Crippen molar-refractivity contribution in [3.05, 3.63) is 11.8 Å². The smallest absolute Gasteiger partial charge is 0.268 e. The van der Waals surface area contributed by atoms with Gasteiger partial charge in [-0.1, -0.05) is 0 Å². The summed E-state index contributed by atoms with van der Waals surface area (Å²) < 4.78 is 0. The maximum atomic E-state index is 11.9. The van der Waals surface area contributed by atoms with Crippen molar-refractivity contribution in [1.82, 2.24) is 9.96 Å². The van der Waals surface area contributed by atoms with E-state index >= 15 is 0 Å². The van der Waals surface area contributed by atoms with Crippen molar-refractivity contribution in [2.45, 2.75) is 25.8 Å². The van der Waals surface area contributed by atoms with E-state index in [0.717, 1.165) is 25.1 Å². The molecule has 0 aromatic carbocycles. The number of amides is 1. The fraction of sp³-hybridized carbons (Fsp3) is 0.636. The van der Waals surface area contributed by atoms with E-state index in [1.807, 2.05) is 17.9 Å². The Bertz CT molecular complexity index is 333. The molecule has 88 valence electrons. The van der Waals surface area contributed by atoms with Crippen molar-refractivity contribution in [1.29, 1.82) is 5.26 Å².